The lowest BCUT2D eigenvalue weighted by molar-refractivity contribution is -0.0990. The number of fused-ring (bicyclic) bond motifs is 2. The van der Waals surface area contributed by atoms with E-state index in [-0.39, 0.29) is 0 Å². The highest BCUT2D eigenvalue weighted by atomic mass is 28.3. The minimum atomic E-state index is -1.35. The smallest absolute Gasteiger partial charge is 0.0809 e. The minimum absolute atomic E-state index is 0.612. The molecule has 0 aliphatic heterocycles. The van der Waals surface area contributed by atoms with Crippen LogP contribution in [0.4, 0.5) is 0 Å². The molecule has 3 atom stereocenters. The third-order valence-electron chi connectivity index (χ3n) is 6.61. The molecule has 0 saturated heterocycles. The molecule has 1 aromatic carbocycles. The van der Waals surface area contributed by atoms with Crippen molar-refractivity contribution in [2.45, 2.75) is 52.2 Å². The zero-order valence-electron chi connectivity index (χ0n) is 13.9. The van der Waals surface area contributed by atoms with E-state index in [1.807, 2.05) is 0 Å². The predicted molar refractivity (Wildman–Crippen MR) is 94.4 cm³/mol. The summed E-state index contributed by atoms with van der Waals surface area (Å²) in [7, 11) is -1.35. The molecule has 0 amide bonds. The second kappa shape index (κ2) is 5.02. The normalized spacial score (nSPS) is 30.3. The van der Waals surface area contributed by atoms with Gasteiger partial charge in [0.2, 0.25) is 0 Å². The second-order valence-electron chi connectivity index (χ2n) is 8.51. The minimum Gasteiger partial charge on any atom is -0.115 e. The maximum Gasteiger partial charge on any atom is 0.0809 e. The Bertz CT molecular complexity index is 556. The van der Waals surface area contributed by atoms with Crippen LogP contribution in [0.2, 0.25) is 19.1 Å². The molecule has 0 spiro atoms. The van der Waals surface area contributed by atoms with E-state index in [0.717, 1.165) is 23.3 Å². The maximum atomic E-state index is 5.47. The molecule has 1 heteroatoms. The molecule has 4 rings (SSSR count). The van der Waals surface area contributed by atoms with Gasteiger partial charge < -0.3 is 0 Å². The van der Waals surface area contributed by atoms with E-state index in [4.69, 9.17) is 6.42 Å². The van der Waals surface area contributed by atoms with E-state index in [1.54, 1.807) is 5.19 Å². The first-order chi connectivity index (χ1) is 9.84. The summed E-state index contributed by atoms with van der Waals surface area (Å²) in [6.45, 7) is 10.1. The van der Waals surface area contributed by atoms with Crippen LogP contribution in [-0.4, -0.2) is 8.07 Å². The van der Waals surface area contributed by atoms with Gasteiger partial charge >= 0.3 is 0 Å². The van der Waals surface area contributed by atoms with Crippen LogP contribution < -0.4 is 5.19 Å². The Kier molecular flexibility index (Phi) is 3.57. The highest BCUT2D eigenvalue weighted by Gasteiger charge is 2.54. The molecule has 0 nitrogen and oxygen atoms in total. The van der Waals surface area contributed by atoms with Gasteiger partial charge in [-0.15, -0.1) is 6.42 Å². The molecular formula is C20H28Si. The predicted octanol–water partition coefficient (Wildman–Crippen LogP) is 4.66. The maximum absolute atomic E-state index is 5.47. The Hall–Kier alpha value is -1.00. The van der Waals surface area contributed by atoms with E-state index in [2.05, 4.69) is 57.1 Å². The average molecular weight is 297 g/mol. The molecule has 0 heterocycles. The summed E-state index contributed by atoms with van der Waals surface area (Å²) in [4.78, 5) is 0. The average Bonchev–Trinajstić information content (AvgIpc) is 2.46. The largest absolute Gasteiger partial charge is 0.115 e. The van der Waals surface area contributed by atoms with Gasteiger partial charge in [0.15, 0.2) is 0 Å². The van der Waals surface area contributed by atoms with Gasteiger partial charge in [0.05, 0.1) is 8.07 Å². The monoisotopic (exact) mass is 296 g/mol. The third kappa shape index (κ3) is 2.48. The molecule has 2 bridgehead atoms. The van der Waals surface area contributed by atoms with Crippen molar-refractivity contribution in [3.05, 3.63) is 29.8 Å². The molecule has 1 aromatic rings. The van der Waals surface area contributed by atoms with Crippen LogP contribution in [0.5, 0.6) is 0 Å². The van der Waals surface area contributed by atoms with E-state index in [1.165, 1.54) is 25.3 Å². The van der Waals surface area contributed by atoms with Gasteiger partial charge in [-0.25, -0.2) is 0 Å². The van der Waals surface area contributed by atoms with Crippen LogP contribution in [0.3, 0.4) is 0 Å². The summed E-state index contributed by atoms with van der Waals surface area (Å²) >= 11 is 0. The van der Waals surface area contributed by atoms with Gasteiger partial charge in [-0.2, -0.15) is 0 Å². The molecule has 0 N–H and O–H groups in total. The molecule has 21 heavy (non-hydrogen) atoms. The summed E-state index contributed by atoms with van der Waals surface area (Å²) in [6.07, 6.45) is 9.91. The molecule has 3 aliphatic rings. The Balaban J connectivity index is 1.75. The zero-order chi connectivity index (χ0) is 15.3. The topological polar surface area (TPSA) is 0 Å². The molecule has 3 fully saturated rings. The summed E-state index contributed by atoms with van der Waals surface area (Å²) in [5, 5.41) is 1.57. The highest BCUT2D eigenvalue weighted by Crippen LogP contribution is 2.62. The summed E-state index contributed by atoms with van der Waals surface area (Å²) in [5.74, 6) is 5.68. The summed E-state index contributed by atoms with van der Waals surface area (Å²) < 4.78 is 0. The van der Waals surface area contributed by atoms with Crippen LogP contribution in [0.25, 0.3) is 0 Å². The third-order valence-corrected chi connectivity index (χ3v) is 10.0. The van der Waals surface area contributed by atoms with Crippen molar-refractivity contribution in [2.75, 3.05) is 0 Å². The number of benzene rings is 1. The second-order valence-corrected chi connectivity index (χ2v) is 13.3. The number of terminal acetylenes is 1. The van der Waals surface area contributed by atoms with Gasteiger partial charge in [0.1, 0.15) is 0 Å². The van der Waals surface area contributed by atoms with Crippen molar-refractivity contribution in [2.24, 2.45) is 23.2 Å². The van der Waals surface area contributed by atoms with Crippen LogP contribution >= 0.6 is 0 Å². The fraction of sp³-hybridized carbons (Fsp3) is 0.600. The van der Waals surface area contributed by atoms with Crippen LogP contribution in [0, 0.1) is 35.5 Å². The molecule has 112 valence electrons. The summed E-state index contributed by atoms with van der Waals surface area (Å²) in [6, 6.07) is 10.3. The Morgan fingerprint density at radius 1 is 1.19 bits per heavy atom. The molecule has 1 unspecified atom stereocenters. The first-order valence-corrected chi connectivity index (χ1v) is 11.6. The van der Waals surface area contributed by atoms with Crippen molar-refractivity contribution in [3.63, 3.8) is 0 Å². The van der Waals surface area contributed by atoms with Crippen molar-refractivity contribution in [1.29, 1.82) is 0 Å². The molecule has 3 aliphatic carbocycles. The van der Waals surface area contributed by atoms with Crippen molar-refractivity contribution < 1.29 is 0 Å². The van der Waals surface area contributed by atoms with Crippen molar-refractivity contribution in [1.82, 2.24) is 0 Å². The fourth-order valence-electron chi connectivity index (χ4n) is 5.00. The van der Waals surface area contributed by atoms with Gasteiger partial charge in [-0.05, 0) is 48.1 Å². The van der Waals surface area contributed by atoms with Gasteiger partial charge in [0.25, 0.3) is 0 Å². The highest BCUT2D eigenvalue weighted by molar-refractivity contribution is 6.89. The van der Waals surface area contributed by atoms with Gasteiger partial charge in [-0.3, -0.25) is 0 Å². The Morgan fingerprint density at radius 3 is 2.38 bits per heavy atom. The lowest BCUT2D eigenvalue weighted by Crippen LogP contribution is -2.55. The molecular weight excluding hydrogens is 268 g/mol. The first-order valence-electron chi connectivity index (χ1n) is 8.42. The first kappa shape index (κ1) is 14.9. The van der Waals surface area contributed by atoms with E-state index in [9.17, 15) is 0 Å². The lowest BCUT2D eigenvalue weighted by atomic mass is 9.46. The summed E-state index contributed by atoms with van der Waals surface area (Å²) in [5.41, 5.74) is 1.62. The van der Waals surface area contributed by atoms with E-state index < -0.39 is 8.07 Å². The molecule has 0 aromatic heterocycles. The molecule has 0 radical (unpaired) electrons. The Morgan fingerprint density at radius 2 is 1.86 bits per heavy atom. The number of hydrogen-bond acceptors (Lipinski definition) is 0. The van der Waals surface area contributed by atoms with Gasteiger partial charge in [-0.1, -0.05) is 62.6 Å². The van der Waals surface area contributed by atoms with E-state index >= 15 is 0 Å². The van der Waals surface area contributed by atoms with Gasteiger partial charge in [0, 0.05) is 5.56 Å². The number of rotatable bonds is 3. The van der Waals surface area contributed by atoms with Crippen LogP contribution in [-0.2, 0) is 0 Å². The van der Waals surface area contributed by atoms with E-state index in [0.29, 0.717) is 5.41 Å². The number of hydrogen-bond donors (Lipinski definition) is 0. The Labute approximate surface area is 131 Å². The lowest BCUT2D eigenvalue weighted by Gasteiger charge is -2.61. The van der Waals surface area contributed by atoms with Crippen LogP contribution in [0.1, 0.15) is 38.7 Å². The zero-order valence-corrected chi connectivity index (χ0v) is 14.9. The van der Waals surface area contributed by atoms with Crippen LogP contribution in [0.15, 0.2) is 24.3 Å². The van der Waals surface area contributed by atoms with Crippen molar-refractivity contribution >= 4 is 13.3 Å². The fourth-order valence-corrected chi connectivity index (χ4v) is 8.10. The molecule has 3 saturated carbocycles. The SMILES string of the molecule is C#Cc1ccc([Si](C)(C)CC2CC[C@@H]3C[C@H]2C3(C)C)cc1. The quantitative estimate of drug-likeness (QED) is 0.562. The standard InChI is InChI=1S/C20H28Si/c1-6-15-7-11-18(12-8-15)21(4,5)14-16-9-10-17-13-19(16)20(17,2)3/h1,7-8,11-12,16-17,19H,9-10,13-14H2,2-5H3/t16?,17-,19-/m1/s1. The van der Waals surface area contributed by atoms with Crippen molar-refractivity contribution in [3.8, 4) is 12.3 Å².